The second kappa shape index (κ2) is 5.42. The maximum atomic E-state index is 12.4. The summed E-state index contributed by atoms with van der Waals surface area (Å²) in [4.78, 5) is 14.3. The molecule has 1 aromatic rings. The summed E-state index contributed by atoms with van der Waals surface area (Å²) in [7, 11) is 1.90. The number of benzene rings is 1. The highest BCUT2D eigenvalue weighted by Gasteiger charge is 2.26. The number of nitrogens with one attached hydrogen (secondary N) is 1. The van der Waals surface area contributed by atoms with E-state index in [9.17, 15) is 4.79 Å². The lowest BCUT2D eigenvalue weighted by molar-refractivity contribution is 0.0789. The summed E-state index contributed by atoms with van der Waals surface area (Å²) < 4.78 is 0. The molecule has 98 valence electrons. The van der Waals surface area contributed by atoms with Gasteiger partial charge in [0.05, 0.1) is 5.56 Å². The van der Waals surface area contributed by atoms with Gasteiger partial charge in [-0.1, -0.05) is 6.07 Å². The van der Waals surface area contributed by atoms with Crippen LogP contribution < -0.4 is 5.32 Å². The van der Waals surface area contributed by atoms with Gasteiger partial charge in [-0.25, -0.2) is 0 Å². The summed E-state index contributed by atoms with van der Waals surface area (Å²) in [5, 5.41) is 3.27. The standard InChI is InChI=1S/C15H22N2O/c1-4-16-14-9-11(2)5-8-13(14)15(18)17(3)10-12-6-7-12/h5,8-9,12,16H,4,6-7,10H2,1-3H3. The van der Waals surface area contributed by atoms with Gasteiger partial charge in [-0.2, -0.15) is 0 Å². The molecule has 0 saturated heterocycles. The normalized spacial score (nSPS) is 14.4. The van der Waals surface area contributed by atoms with E-state index in [1.54, 1.807) is 0 Å². The molecule has 0 bridgehead atoms. The van der Waals surface area contributed by atoms with Crippen LogP contribution in [0.2, 0.25) is 0 Å². The minimum atomic E-state index is 0.123. The molecule has 2 rings (SSSR count). The summed E-state index contributed by atoms with van der Waals surface area (Å²) in [6, 6.07) is 5.97. The molecule has 1 saturated carbocycles. The van der Waals surface area contributed by atoms with Gasteiger partial charge in [-0.3, -0.25) is 4.79 Å². The number of hydrogen-bond donors (Lipinski definition) is 1. The lowest BCUT2D eigenvalue weighted by Gasteiger charge is -2.19. The van der Waals surface area contributed by atoms with E-state index in [1.807, 2.05) is 44.0 Å². The molecule has 0 radical (unpaired) electrons. The molecule has 1 fully saturated rings. The van der Waals surface area contributed by atoms with E-state index in [1.165, 1.54) is 18.4 Å². The minimum Gasteiger partial charge on any atom is -0.385 e. The summed E-state index contributed by atoms with van der Waals surface area (Å²) in [6.45, 7) is 5.81. The van der Waals surface area contributed by atoms with Crippen molar-refractivity contribution in [1.29, 1.82) is 0 Å². The Kier molecular flexibility index (Phi) is 3.90. The first-order valence-corrected chi connectivity index (χ1v) is 6.71. The van der Waals surface area contributed by atoms with E-state index in [0.29, 0.717) is 0 Å². The molecule has 0 spiro atoms. The first-order chi connectivity index (χ1) is 8.61. The molecule has 0 aromatic heterocycles. The van der Waals surface area contributed by atoms with Crippen molar-refractivity contribution >= 4 is 11.6 Å². The van der Waals surface area contributed by atoms with Gasteiger partial charge in [0.2, 0.25) is 0 Å². The number of anilines is 1. The maximum Gasteiger partial charge on any atom is 0.255 e. The van der Waals surface area contributed by atoms with Crippen molar-refractivity contribution in [2.45, 2.75) is 26.7 Å². The van der Waals surface area contributed by atoms with Crippen molar-refractivity contribution < 1.29 is 4.79 Å². The monoisotopic (exact) mass is 246 g/mol. The van der Waals surface area contributed by atoms with Gasteiger partial charge >= 0.3 is 0 Å². The highest BCUT2D eigenvalue weighted by atomic mass is 16.2. The zero-order valence-corrected chi connectivity index (χ0v) is 11.5. The molecule has 1 amide bonds. The van der Waals surface area contributed by atoms with Gasteiger partial charge in [0.25, 0.3) is 5.91 Å². The Bertz CT molecular complexity index is 438. The summed E-state index contributed by atoms with van der Waals surface area (Å²) in [6.07, 6.45) is 2.54. The van der Waals surface area contributed by atoms with Crippen LogP contribution in [0.1, 0.15) is 35.7 Å². The number of aryl methyl sites for hydroxylation is 1. The number of carbonyl (C=O) groups is 1. The quantitative estimate of drug-likeness (QED) is 0.866. The topological polar surface area (TPSA) is 32.3 Å². The fourth-order valence-corrected chi connectivity index (χ4v) is 2.16. The lowest BCUT2D eigenvalue weighted by Crippen LogP contribution is -2.29. The van der Waals surface area contributed by atoms with Crippen molar-refractivity contribution in [3.63, 3.8) is 0 Å². The molecule has 1 aliphatic rings. The van der Waals surface area contributed by atoms with Gasteiger partial charge in [-0.05, 0) is 50.3 Å². The molecular weight excluding hydrogens is 224 g/mol. The van der Waals surface area contributed by atoms with Crippen LogP contribution in [0.15, 0.2) is 18.2 Å². The third-order valence-electron chi connectivity index (χ3n) is 3.35. The van der Waals surface area contributed by atoms with Gasteiger partial charge in [-0.15, -0.1) is 0 Å². The average molecular weight is 246 g/mol. The summed E-state index contributed by atoms with van der Waals surface area (Å²) in [5.74, 6) is 0.852. The number of nitrogens with zero attached hydrogens (tertiary/aromatic N) is 1. The Balaban J connectivity index is 2.16. The molecule has 3 nitrogen and oxygen atoms in total. The largest absolute Gasteiger partial charge is 0.385 e. The smallest absolute Gasteiger partial charge is 0.255 e. The van der Waals surface area contributed by atoms with Crippen molar-refractivity contribution in [1.82, 2.24) is 4.90 Å². The van der Waals surface area contributed by atoms with Crippen LogP contribution in [0.3, 0.4) is 0 Å². The predicted molar refractivity (Wildman–Crippen MR) is 75.0 cm³/mol. The Morgan fingerprint density at radius 2 is 2.17 bits per heavy atom. The summed E-state index contributed by atoms with van der Waals surface area (Å²) in [5.41, 5.74) is 2.91. The lowest BCUT2D eigenvalue weighted by atomic mass is 10.1. The molecular formula is C15H22N2O. The number of hydrogen-bond acceptors (Lipinski definition) is 2. The second-order valence-corrected chi connectivity index (χ2v) is 5.21. The molecule has 1 aromatic carbocycles. The molecule has 0 aliphatic heterocycles. The van der Waals surface area contributed by atoms with Crippen LogP contribution in [0.25, 0.3) is 0 Å². The molecule has 18 heavy (non-hydrogen) atoms. The molecule has 1 aliphatic carbocycles. The molecule has 1 N–H and O–H groups in total. The zero-order chi connectivity index (χ0) is 13.1. The van der Waals surface area contributed by atoms with Gasteiger partial charge in [0.15, 0.2) is 0 Å². The SMILES string of the molecule is CCNc1cc(C)ccc1C(=O)N(C)CC1CC1. The predicted octanol–water partition coefficient (Wildman–Crippen LogP) is 2.91. The first kappa shape index (κ1) is 12.9. The van der Waals surface area contributed by atoms with Gasteiger partial charge in [0, 0.05) is 25.8 Å². The molecule has 0 atom stereocenters. The van der Waals surface area contributed by atoms with Crippen LogP contribution in [0.4, 0.5) is 5.69 Å². The highest BCUT2D eigenvalue weighted by molar-refractivity contribution is 5.99. The number of amides is 1. The molecule has 0 unspecified atom stereocenters. The van der Waals surface area contributed by atoms with E-state index in [-0.39, 0.29) is 5.91 Å². The second-order valence-electron chi connectivity index (χ2n) is 5.21. The summed E-state index contributed by atoms with van der Waals surface area (Å²) >= 11 is 0. The Morgan fingerprint density at radius 1 is 1.44 bits per heavy atom. The van der Waals surface area contributed by atoms with E-state index in [0.717, 1.165) is 30.3 Å². The van der Waals surface area contributed by atoms with E-state index >= 15 is 0 Å². The third kappa shape index (κ3) is 3.03. The highest BCUT2D eigenvalue weighted by Crippen LogP contribution is 2.30. The number of rotatable bonds is 5. The van der Waals surface area contributed by atoms with Crippen molar-refractivity contribution in [3.8, 4) is 0 Å². The van der Waals surface area contributed by atoms with Crippen LogP contribution in [-0.4, -0.2) is 30.9 Å². The Hall–Kier alpha value is -1.51. The Morgan fingerprint density at radius 3 is 2.78 bits per heavy atom. The third-order valence-corrected chi connectivity index (χ3v) is 3.35. The maximum absolute atomic E-state index is 12.4. The Labute approximate surface area is 109 Å². The van der Waals surface area contributed by atoms with Crippen LogP contribution in [0, 0.1) is 12.8 Å². The van der Waals surface area contributed by atoms with Crippen LogP contribution in [0.5, 0.6) is 0 Å². The van der Waals surface area contributed by atoms with Gasteiger partial charge < -0.3 is 10.2 Å². The fourth-order valence-electron chi connectivity index (χ4n) is 2.16. The van der Waals surface area contributed by atoms with Gasteiger partial charge in [0.1, 0.15) is 0 Å². The minimum absolute atomic E-state index is 0.123. The van der Waals surface area contributed by atoms with Crippen molar-refractivity contribution in [3.05, 3.63) is 29.3 Å². The first-order valence-electron chi connectivity index (χ1n) is 6.71. The molecule has 0 heterocycles. The van der Waals surface area contributed by atoms with E-state index in [2.05, 4.69) is 5.32 Å². The van der Waals surface area contributed by atoms with Crippen molar-refractivity contribution in [2.75, 3.05) is 25.5 Å². The van der Waals surface area contributed by atoms with Crippen molar-refractivity contribution in [2.24, 2.45) is 5.92 Å². The average Bonchev–Trinajstić information content (AvgIpc) is 3.13. The van der Waals surface area contributed by atoms with E-state index in [4.69, 9.17) is 0 Å². The molecule has 3 heteroatoms. The van der Waals surface area contributed by atoms with Crippen LogP contribution >= 0.6 is 0 Å². The number of carbonyl (C=O) groups excluding carboxylic acids is 1. The zero-order valence-electron chi connectivity index (χ0n) is 11.5. The van der Waals surface area contributed by atoms with E-state index < -0.39 is 0 Å². The fraction of sp³-hybridized carbons (Fsp3) is 0.533. The van der Waals surface area contributed by atoms with Crippen LogP contribution in [-0.2, 0) is 0 Å².